The van der Waals surface area contributed by atoms with E-state index in [0.717, 1.165) is 24.0 Å². The molecule has 4 rings (SSSR count). The Labute approximate surface area is 276 Å². The minimum atomic E-state index is -4.63. The average Bonchev–Trinajstić information content (AvgIpc) is 3.77. The molecule has 254 valence electrons. The van der Waals surface area contributed by atoms with E-state index in [4.69, 9.17) is 0 Å². The molecule has 0 saturated heterocycles. The summed E-state index contributed by atoms with van der Waals surface area (Å²) < 4.78 is 74.9. The summed E-state index contributed by atoms with van der Waals surface area (Å²) in [5.74, 6) is -1.29. The second kappa shape index (κ2) is 14.8. The van der Waals surface area contributed by atoms with Crippen LogP contribution in [0.5, 0.6) is 0 Å². The molecule has 0 spiro atoms. The smallest absolute Gasteiger partial charge is 0.348 e. The van der Waals surface area contributed by atoms with Gasteiger partial charge in [0.2, 0.25) is 5.91 Å². The second-order valence-corrected chi connectivity index (χ2v) is 12.5. The number of carbonyl (C=O) groups is 3. The van der Waals surface area contributed by atoms with Crippen LogP contribution in [0.1, 0.15) is 90.9 Å². The van der Waals surface area contributed by atoms with Crippen molar-refractivity contribution in [2.75, 3.05) is 0 Å². The molecule has 1 aliphatic rings. The summed E-state index contributed by atoms with van der Waals surface area (Å²) in [4.78, 5) is 47.0. The van der Waals surface area contributed by atoms with E-state index in [1.807, 2.05) is 27.7 Å². The highest BCUT2D eigenvalue weighted by Crippen LogP contribution is 2.37. The first-order chi connectivity index (χ1) is 21.7. The third kappa shape index (κ3) is 9.99. The van der Waals surface area contributed by atoms with E-state index >= 15 is 0 Å². The maximum absolute atomic E-state index is 12.9. The van der Waals surface area contributed by atoms with Crippen molar-refractivity contribution in [1.29, 1.82) is 0 Å². The van der Waals surface area contributed by atoms with Gasteiger partial charge in [-0.1, -0.05) is 12.1 Å². The van der Waals surface area contributed by atoms with Crippen LogP contribution in [0.2, 0.25) is 0 Å². The van der Waals surface area contributed by atoms with Crippen molar-refractivity contribution in [2.45, 2.75) is 83.5 Å². The number of alkyl halides is 6. The number of carbonyl (C=O) groups excluding carboxylic acids is 3. The van der Waals surface area contributed by atoms with Gasteiger partial charge in [0.1, 0.15) is 5.54 Å². The van der Waals surface area contributed by atoms with Crippen LogP contribution in [0.25, 0.3) is 0 Å². The third-order valence-corrected chi connectivity index (χ3v) is 7.68. The number of aromatic nitrogens is 2. The lowest BCUT2D eigenvalue weighted by Crippen LogP contribution is -2.49. The van der Waals surface area contributed by atoms with Gasteiger partial charge in [-0.2, -0.15) is 26.3 Å². The predicted molar refractivity (Wildman–Crippen MR) is 165 cm³/mol. The summed E-state index contributed by atoms with van der Waals surface area (Å²) in [6.07, 6.45) is -4.44. The zero-order valence-electron chi connectivity index (χ0n) is 26.1. The molecule has 2 heterocycles. The zero-order chi connectivity index (χ0) is 35.3. The van der Waals surface area contributed by atoms with Gasteiger partial charge in [0.05, 0.1) is 22.7 Å². The quantitative estimate of drug-likeness (QED) is 0.236. The first kappa shape index (κ1) is 37.4. The number of rotatable bonds is 8. The molecule has 1 aliphatic carbocycles. The van der Waals surface area contributed by atoms with E-state index in [2.05, 4.69) is 36.5 Å². The molecule has 2 N–H and O–H groups in total. The topological polar surface area (TPSA) is 104 Å². The number of hydrogen-bond donors (Lipinski definition) is 2. The van der Waals surface area contributed by atoms with E-state index in [1.165, 1.54) is 6.20 Å². The molecule has 0 unspecified atom stereocenters. The summed E-state index contributed by atoms with van der Waals surface area (Å²) in [6, 6.07) is 8.33. The van der Waals surface area contributed by atoms with Gasteiger partial charge in [-0.3, -0.25) is 24.4 Å². The maximum Gasteiger partial charge on any atom is 0.417 e. The van der Waals surface area contributed by atoms with Crippen molar-refractivity contribution in [3.63, 3.8) is 0 Å². The summed E-state index contributed by atoms with van der Waals surface area (Å²) >= 11 is 2.89. The van der Waals surface area contributed by atoms with Gasteiger partial charge in [0.15, 0.2) is 0 Å². The zero-order valence-corrected chi connectivity index (χ0v) is 27.7. The lowest BCUT2D eigenvalue weighted by Gasteiger charge is -2.31. The molecule has 0 bridgehead atoms. The average molecular weight is 731 g/mol. The lowest BCUT2D eigenvalue weighted by atomic mass is 10.0. The highest BCUT2D eigenvalue weighted by molar-refractivity contribution is 9.10. The van der Waals surface area contributed by atoms with E-state index in [0.29, 0.717) is 35.1 Å². The minimum absolute atomic E-state index is 0.0482. The number of nitrogens with zero attached hydrogens (tertiary/aromatic N) is 3. The van der Waals surface area contributed by atoms with Crippen LogP contribution in [-0.4, -0.2) is 50.2 Å². The lowest BCUT2D eigenvalue weighted by molar-refractivity contribution is -0.138. The van der Waals surface area contributed by atoms with Gasteiger partial charge in [-0.05, 0) is 93.2 Å². The Kier molecular flexibility index (Phi) is 11.8. The molecule has 1 aromatic carbocycles. The van der Waals surface area contributed by atoms with Crippen molar-refractivity contribution < 1.29 is 40.7 Å². The Morgan fingerprint density at radius 2 is 1.30 bits per heavy atom. The molecule has 1 atom stereocenters. The van der Waals surface area contributed by atoms with Crippen molar-refractivity contribution >= 4 is 33.7 Å². The SMILES string of the molecule is CC(C)N(C(=O)c1ccc([C@@H](C)NC(=O)C2(NC(=O)c3cncc(C(F)(F)F)c3)CC2)cc1)C(C)C.FC(F)(F)c1cncc(Br)c1. The number of hydrogen-bond acceptors (Lipinski definition) is 5. The molecule has 0 radical (unpaired) electrons. The van der Waals surface area contributed by atoms with Crippen molar-refractivity contribution in [1.82, 2.24) is 25.5 Å². The van der Waals surface area contributed by atoms with Crippen LogP contribution in [0.4, 0.5) is 26.3 Å². The minimum Gasteiger partial charge on any atom is -0.348 e. The van der Waals surface area contributed by atoms with Gasteiger partial charge in [-0.25, -0.2) is 0 Å². The van der Waals surface area contributed by atoms with Gasteiger partial charge in [0.25, 0.3) is 11.8 Å². The van der Waals surface area contributed by atoms with Crippen LogP contribution in [-0.2, 0) is 17.1 Å². The number of pyridine rings is 2. The molecule has 1 saturated carbocycles. The van der Waals surface area contributed by atoms with Crippen LogP contribution in [0.15, 0.2) is 65.7 Å². The molecule has 15 heteroatoms. The van der Waals surface area contributed by atoms with Crippen LogP contribution in [0.3, 0.4) is 0 Å². The fourth-order valence-corrected chi connectivity index (χ4v) is 5.02. The van der Waals surface area contributed by atoms with Gasteiger partial charge in [0, 0.05) is 46.9 Å². The van der Waals surface area contributed by atoms with E-state index < -0.39 is 46.9 Å². The summed E-state index contributed by atoms with van der Waals surface area (Å²) in [5.41, 5.74) is -1.92. The molecular formula is C32H34BrF6N5O3. The molecule has 47 heavy (non-hydrogen) atoms. The monoisotopic (exact) mass is 729 g/mol. The standard InChI is InChI=1S/C26H31F3N4O3.C6H3BrF3N/c1-15(2)33(16(3)4)23(35)19-8-6-18(7-9-19)17(5)31-24(36)25(10-11-25)32-22(34)20-12-21(14-30-13-20)26(27,28)29;7-5-1-4(2-11-3-5)6(8,9)10/h6-9,12-17H,10-11H2,1-5H3,(H,31,36)(H,32,34);1-3H/t17-;/m1./s1. The Hall–Kier alpha value is -4.01. The molecule has 0 aliphatic heterocycles. The van der Waals surface area contributed by atoms with Crippen LogP contribution in [0, 0.1) is 0 Å². The maximum atomic E-state index is 12.9. The number of amides is 3. The highest BCUT2D eigenvalue weighted by atomic mass is 79.9. The third-order valence-electron chi connectivity index (χ3n) is 7.25. The summed E-state index contributed by atoms with van der Waals surface area (Å²) in [6.45, 7) is 9.61. The van der Waals surface area contributed by atoms with Gasteiger partial charge < -0.3 is 15.5 Å². The van der Waals surface area contributed by atoms with E-state index in [-0.39, 0.29) is 23.6 Å². The first-order valence-electron chi connectivity index (χ1n) is 14.5. The molecule has 3 aromatic rings. The normalized spacial score (nSPS) is 14.5. The Balaban J connectivity index is 0.000000461. The Bertz CT molecular complexity index is 1570. The summed E-state index contributed by atoms with van der Waals surface area (Å²) in [7, 11) is 0. The molecule has 3 amide bonds. The number of benzene rings is 1. The number of halogens is 7. The molecule has 8 nitrogen and oxygen atoms in total. The molecule has 1 fully saturated rings. The second-order valence-electron chi connectivity index (χ2n) is 11.6. The van der Waals surface area contributed by atoms with Gasteiger partial charge in [-0.15, -0.1) is 0 Å². The number of nitrogens with one attached hydrogen (secondary N) is 2. The van der Waals surface area contributed by atoms with Crippen LogP contribution >= 0.6 is 15.9 Å². The Morgan fingerprint density at radius 1 is 0.787 bits per heavy atom. The van der Waals surface area contributed by atoms with E-state index in [9.17, 15) is 40.7 Å². The van der Waals surface area contributed by atoms with Crippen molar-refractivity contribution in [3.8, 4) is 0 Å². The molecule has 2 aromatic heterocycles. The fourth-order valence-electron chi connectivity index (χ4n) is 4.66. The highest BCUT2D eigenvalue weighted by Gasteiger charge is 2.51. The van der Waals surface area contributed by atoms with Gasteiger partial charge >= 0.3 is 12.4 Å². The molecular weight excluding hydrogens is 696 g/mol. The van der Waals surface area contributed by atoms with Crippen molar-refractivity contribution in [2.24, 2.45) is 0 Å². The summed E-state index contributed by atoms with van der Waals surface area (Å²) in [5, 5.41) is 5.42. The fraction of sp³-hybridized carbons (Fsp3) is 0.406. The predicted octanol–water partition coefficient (Wildman–Crippen LogP) is 7.36. The van der Waals surface area contributed by atoms with E-state index in [1.54, 1.807) is 36.1 Å². The first-order valence-corrected chi connectivity index (χ1v) is 15.3. The largest absolute Gasteiger partial charge is 0.417 e. The van der Waals surface area contributed by atoms with Crippen LogP contribution < -0.4 is 10.6 Å². The van der Waals surface area contributed by atoms with Crippen molar-refractivity contribution in [3.05, 3.63) is 93.5 Å². The Morgan fingerprint density at radius 3 is 1.74 bits per heavy atom.